The van der Waals surface area contributed by atoms with E-state index in [-0.39, 0.29) is 36.3 Å². The first kappa shape index (κ1) is 27.8. The van der Waals surface area contributed by atoms with Crippen LogP contribution in [0.2, 0.25) is 5.02 Å². The molecule has 0 N–H and O–H groups in total. The van der Waals surface area contributed by atoms with Crippen molar-refractivity contribution in [1.29, 1.82) is 0 Å². The van der Waals surface area contributed by atoms with Gasteiger partial charge in [0.1, 0.15) is 24.4 Å². The molecule has 3 aliphatic heterocycles. The van der Waals surface area contributed by atoms with Gasteiger partial charge in [0, 0.05) is 70.4 Å². The van der Waals surface area contributed by atoms with E-state index in [1.54, 1.807) is 24.5 Å². The third-order valence-electron chi connectivity index (χ3n) is 8.87. The number of amides is 1. The molecule has 3 saturated heterocycles. The van der Waals surface area contributed by atoms with Crippen molar-refractivity contribution in [3.05, 3.63) is 66.0 Å². The van der Waals surface area contributed by atoms with E-state index in [1.165, 1.54) is 11.0 Å². The van der Waals surface area contributed by atoms with Crippen molar-refractivity contribution >= 4 is 45.0 Å². The Hall–Kier alpha value is -3.96. The first-order valence-electron chi connectivity index (χ1n) is 14.1. The predicted molar refractivity (Wildman–Crippen MR) is 158 cm³/mol. The van der Waals surface area contributed by atoms with Gasteiger partial charge in [0.25, 0.3) is 5.91 Å². The highest BCUT2D eigenvalue weighted by molar-refractivity contribution is 6.36. The summed E-state index contributed by atoms with van der Waals surface area (Å²) in [5, 5.41) is 2.38. The topological polar surface area (TPSA) is 74.7 Å². The van der Waals surface area contributed by atoms with Crippen molar-refractivity contribution in [1.82, 2.24) is 24.8 Å². The number of likely N-dealkylation sites (N-methyl/N-ethyl adjacent to an activating group) is 1. The molecule has 0 aliphatic carbocycles. The van der Waals surface area contributed by atoms with Crippen LogP contribution in [0.15, 0.2) is 55.1 Å². The van der Waals surface area contributed by atoms with E-state index in [2.05, 4.69) is 21.5 Å². The van der Waals surface area contributed by atoms with Crippen LogP contribution in [-0.4, -0.2) is 88.2 Å². The van der Waals surface area contributed by atoms with Gasteiger partial charge >= 0.3 is 6.01 Å². The summed E-state index contributed by atoms with van der Waals surface area (Å²) in [5.41, 5.74) is 1.23. The van der Waals surface area contributed by atoms with Crippen LogP contribution in [0.5, 0.6) is 6.01 Å². The van der Waals surface area contributed by atoms with Gasteiger partial charge in [-0.2, -0.15) is 9.97 Å². The summed E-state index contributed by atoms with van der Waals surface area (Å²) >= 11 is 6.54. The van der Waals surface area contributed by atoms with Gasteiger partial charge in [0.05, 0.1) is 17.6 Å². The van der Waals surface area contributed by atoms with Gasteiger partial charge < -0.3 is 14.5 Å². The maximum absolute atomic E-state index is 16.0. The number of nitrogens with zero attached hydrogens (tertiary/aromatic N) is 6. The van der Waals surface area contributed by atoms with Gasteiger partial charge in [-0.25, -0.2) is 13.2 Å². The molecule has 2 aromatic carbocycles. The Labute approximate surface area is 250 Å². The summed E-state index contributed by atoms with van der Waals surface area (Å²) in [5.74, 6) is -1.76. The van der Waals surface area contributed by atoms with Crippen LogP contribution >= 0.6 is 11.6 Å². The normalized spacial score (nSPS) is 23.6. The van der Waals surface area contributed by atoms with Crippen molar-refractivity contribution in [3.63, 3.8) is 0 Å². The van der Waals surface area contributed by atoms with Gasteiger partial charge in [-0.05, 0) is 38.1 Å². The zero-order chi connectivity index (χ0) is 30.0. The van der Waals surface area contributed by atoms with Gasteiger partial charge in [-0.3, -0.25) is 14.7 Å². The number of ether oxygens (including phenoxy) is 1. The molecule has 4 atom stereocenters. The molecule has 0 unspecified atom stereocenters. The van der Waals surface area contributed by atoms with Crippen LogP contribution in [0.3, 0.4) is 0 Å². The maximum atomic E-state index is 16.0. The zero-order valence-electron chi connectivity index (χ0n) is 23.3. The quantitative estimate of drug-likeness (QED) is 0.274. The average Bonchev–Trinajstić information content (AvgIpc) is 3.47. The van der Waals surface area contributed by atoms with E-state index in [4.69, 9.17) is 16.3 Å². The molecule has 43 heavy (non-hydrogen) atoms. The number of halogens is 4. The lowest BCUT2D eigenvalue weighted by Gasteiger charge is -2.47. The molecule has 1 amide bonds. The minimum atomic E-state index is -0.993. The first-order valence-corrected chi connectivity index (χ1v) is 14.5. The van der Waals surface area contributed by atoms with Crippen LogP contribution in [0.1, 0.15) is 12.8 Å². The molecular weight excluding hydrogens is 581 g/mol. The molecular formula is C31H28ClF3N6O2. The number of aromatic nitrogens is 3. The third kappa shape index (κ3) is 4.75. The van der Waals surface area contributed by atoms with Crippen LogP contribution < -0.4 is 9.64 Å². The summed E-state index contributed by atoms with van der Waals surface area (Å²) in [6.07, 6.45) is 3.26. The maximum Gasteiger partial charge on any atom is 0.319 e. The molecule has 12 heteroatoms. The number of carbonyl (C=O) groups is 1. The highest BCUT2D eigenvalue weighted by Crippen LogP contribution is 2.42. The number of fused-ring (bicyclic) bond motifs is 3. The van der Waals surface area contributed by atoms with Crippen molar-refractivity contribution in [2.45, 2.75) is 37.1 Å². The van der Waals surface area contributed by atoms with Crippen molar-refractivity contribution in [2.24, 2.45) is 0 Å². The van der Waals surface area contributed by atoms with Crippen LogP contribution in [0, 0.1) is 5.82 Å². The molecule has 0 saturated carbocycles. The van der Waals surface area contributed by atoms with E-state index in [9.17, 15) is 13.6 Å². The van der Waals surface area contributed by atoms with Crippen molar-refractivity contribution < 1.29 is 22.7 Å². The minimum absolute atomic E-state index is 0.0800. The molecule has 0 radical (unpaired) electrons. The molecule has 3 fully saturated rings. The number of carbonyl (C=O) groups excluding carboxylic acids is 1. The minimum Gasteiger partial charge on any atom is -0.462 e. The molecule has 8 nitrogen and oxygen atoms in total. The summed E-state index contributed by atoms with van der Waals surface area (Å²) < 4.78 is 49.6. The van der Waals surface area contributed by atoms with Crippen molar-refractivity contribution in [3.8, 4) is 17.1 Å². The fourth-order valence-electron chi connectivity index (χ4n) is 6.64. The highest BCUT2D eigenvalue weighted by Gasteiger charge is 2.50. The second kappa shape index (κ2) is 10.6. The zero-order valence-corrected chi connectivity index (χ0v) is 24.1. The van der Waals surface area contributed by atoms with E-state index in [1.807, 2.05) is 29.0 Å². The third-order valence-corrected chi connectivity index (χ3v) is 9.18. The Morgan fingerprint density at radius 3 is 2.77 bits per heavy atom. The van der Waals surface area contributed by atoms with Gasteiger partial charge in [0.15, 0.2) is 5.83 Å². The first-order chi connectivity index (χ1) is 20.7. The highest BCUT2D eigenvalue weighted by atomic mass is 35.5. The fourth-order valence-corrected chi connectivity index (χ4v) is 6.93. The molecule has 7 rings (SSSR count). The Morgan fingerprint density at radius 2 is 2.00 bits per heavy atom. The summed E-state index contributed by atoms with van der Waals surface area (Å²) in [4.78, 5) is 31.3. The Morgan fingerprint density at radius 1 is 1.16 bits per heavy atom. The number of hydrogen-bond acceptors (Lipinski definition) is 7. The standard InChI is InChI=1S/C31H28ClF3N6O2/c1-16(33)30(42)40-7-6-26-27(40)14-41(26)29-21-9-24(35)20(22-12-36-11-17-4-3-5-23(32)28(17)22)10-25(21)37-31(38-29)43-15-19-8-18(34)13-39(19)2/h3-5,9-12,18-19,26-27H,1,6-8,13-15H2,2H3/t18-,19+,26-,27-/m1/s1. The van der Waals surface area contributed by atoms with Crippen LogP contribution in [0.25, 0.3) is 32.8 Å². The summed E-state index contributed by atoms with van der Waals surface area (Å²) in [7, 11) is 1.85. The number of benzene rings is 2. The average molecular weight is 609 g/mol. The smallest absolute Gasteiger partial charge is 0.319 e. The lowest BCUT2D eigenvalue weighted by molar-refractivity contribution is -0.130. The Balaban J connectivity index is 1.30. The lowest BCUT2D eigenvalue weighted by Crippen LogP contribution is -2.63. The second-order valence-electron chi connectivity index (χ2n) is 11.4. The Kier molecular flexibility index (Phi) is 6.89. The van der Waals surface area contributed by atoms with Crippen molar-refractivity contribution in [2.75, 3.05) is 38.2 Å². The number of rotatable bonds is 6. The summed E-state index contributed by atoms with van der Waals surface area (Å²) in [6.45, 7) is 4.44. The van der Waals surface area contributed by atoms with Crippen LogP contribution in [0.4, 0.5) is 19.0 Å². The number of likely N-dealkylation sites (tertiary alicyclic amines) is 2. The molecule has 2 aromatic heterocycles. The molecule has 222 valence electrons. The molecule has 0 spiro atoms. The monoisotopic (exact) mass is 608 g/mol. The summed E-state index contributed by atoms with van der Waals surface area (Å²) in [6, 6.07) is 8.04. The molecule has 4 aromatic rings. The number of hydrogen-bond donors (Lipinski definition) is 0. The largest absolute Gasteiger partial charge is 0.462 e. The Bertz CT molecular complexity index is 1780. The molecule has 3 aliphatic rings. The van der Waals surface area contributed by atoms with Gasteiger partial charge in [-0.1, -0.05) is 30.3 Å². The van der Waals surface area contributed by atoms with Gasteiger partial charge in [0.2, 0.25) is 0 Å². The van der Waals surface area contributed by atoms with Gasteiger partial charge in [-0.15, -0.1) is 0 Å². The van der Waals surface area contributed by atoms with E-state index in [0.29, 0.717) is 65.2 Å². The number of alkyl halides is 1. The van der Waals surface area contributed by atoms with E-state index in [0.717, 1.165) is 5.39 Å². The number of anilines is 1. The van der Waals surface area contributed by atoms with E-state index >= 15 is 4.39 Å². The van der Waals surface area contributed by atoms with E-state index < -0.39 is 23.7 Å². The lowest BCUT2D eigenvalue weighted by atomic mass is 9.95. The predicted octanol–water partition coefficient (Wildman–Crippen LogP) is 5.33. The number of pyridine rings is 1. The molecule has 5 heterocycles. The SMILES string of the molecule is C=C(F)C(=O)N1CC[C@@H]2[C@H]1CN2c1nc(OC[C@@H]2C[C@@H](F)CN2C)nc2cc(-c3cncc4cccc(Cl)c34)c(F)cc12. The molecule has 0 bridgehead atoms. The fraction of sp³-hybridized carbons (Fsp3) is 0.355. The van der Waals surface area contributed by atoms with Crippen LogP contribution in [-0.2, 0) is 4.79 Å². The second-order valence-corrected chi connectivity index (χ2v) is 11.8.